The van der Waals surface area contributed by atoms with Gasteiger partial charge in [0.05, 0.1) is 0 Å². The minimum absolute atomic E-state index is 0. The number of halogens is 2. The van der Waals surface area contributed by atoms with Crippen LogP contribution in [0.2, 0.25) is 8.26 Å². The molecule has 2 aromatic carbocycles. The Morgan fingerprint density at radius 3 is 1.31 bits per heavy atom. The Bertz CT molecular complexity index is 980. The first-order chi connectivity index (χ1) is 14.1. The molecule has 2 unspecified atom stereocenters. The van der Waals surface area contributed by atoms with Gasteiger partial charge in [0, 0.05) is 0 Å². The van der Waals surface area contributed by atoms with Gasteiger partial charge >= 0.3 is 189 Å². The van der Waals surface area contributed by atoms with E-state index in [1.807, 2.05) is 0 Å². The Labute approximate surface area is 212 Å². The van der Waals surface area contributed by atoms with Crippen molar-refractivity contribution >= 4 is 12.2 Å². The maximum Gasteiger partial charge on any atom is -1.00 e. The topological polar surface area (TPSA) is 0 Å². The molecule has 3 heteroatoms. The molecule has 0 amide bonds. The zero-order valence-electron chi connectivity index (χ0n) is 20.3. The van der Waals surface area contributed by atoms with Crippen molar-refractivity contribution in [1.82, 2.24) is 0 Å². The third-order valence-corrected chi connectivity index (χ3v) is 23.0. The third kappa shape index (κ3) is 3.95. The van der Waals surface area contributed by atoms with Gasteiger partial charge in [0.25, 0.3) is 0 Å². The van der Waals surface area contributed by atoms with Gasteiger partial charge in [-0.15, -0.1) is 0 Å². The van der Waals surface area contributed by atoms with Crippen LogP contribution in [-0.4, -0.2) is 0 Å². The summed E-state index contributed by atoms with van der Waals surface area (Å²) in [5.74, 6) is 0. The molecule has 0 bridgehead atoms. The first-order valence-electron chi connectivity index (χ1n) is 11.7. The van der Waals surface area contributed by atoms with Crippen LogP contribution in [0, 0.1) is 10.8 Å². The maximum atomic E-state index is 2.58. The summed E-state index contributed by atoms with van der Waals surface area (Å²) in [6, 6.07) is 18.7. The second-order valence-electron chi connectivity index (χ2n) is 11.9. The van der Waals surface area contributed by atoms with E-state index in [-0.39, 0.29) is 35.6 Å². The Balaban J connectivity index is 0.00000144. The van der Waals surface area contributed by atoms with Crippen molar-refractivity contribution in [3.8, 4) is 0 Å². The summed E-state index contributed by atoms with van der Waals surface area (Å²) in [5, 5.41) is 0. The van der Waals surface area contributed by atoms with Gasteiger partial charge in [-0.2, -0.15) is 0 Å². The Morgan fingerprint density at radius 1 is 0.625 bits per heavy atom. The molecule has 170 valence electrons. The van der Waals surface area contributed by atoms with Crippen molar-refractivity contribution in [3.63, 3.8) is 0 Å². The smallest absolute Gasteiger partial charge is 1.00 e. The van der Waals surface area contributed by atoms with E-state index in [2.05, 4.69) is 102 Å². The number of fused-ring (bicyclic) bond motifs is 2. The van der Waals surface area contributed by atoms with Gasteiger partial charge < -0.3 is 24.8 Å². The SMILES string of the molecule is CC(C)(C)C1=Cc2ccccc2[CH]1[Zr+2]1([CH]2C(C(C)(C)C)=Cc3ccccc32)[CH2]C[CH2]1.[Cl-].[Cl-]. The molecule has 5 rings (SSSR count). The van der Waals surface area contributed by atoms with Gasteiger partial charge in [-0.1, -0.05) is 0 Å². The average molecular weight is 547 g/mol. The number of rotatable bonds is 2. The molecule has 2 aromatic rings. The molecule has 2 atom stereocenters. The molecule has 0 radical (unpaired) electrons. The molecule has 0 saturated carbocycles. The standard InChI is InChI=1S/2C13H15.C3H6.2ClH.Zr/c2*1-13(2,3)12-8-10-6-4-5-7-11(10)9-12;1-3-2;;;/h2*4-9H,1-3H3;1-3H2;2*1H;/q;;;;;+2/p-2. The minimum atomic E-state index is -2.66. The van der Waals surface area contributed by atoms with Crippen molar-refractivity contribution in [1.29, 1.82) is 0 Å². The molecular formula is C29H36Cl2Zr. The van der Waals surface area contributed by atoms with Gasteiger partial charge in [-0.25, -0.2) is 0 Å². The summed E-state index contributed by atoms with van der Waals surface area (Å²) in [6.07, 6.45) is 6.61. The summed E-state index contributed by atoms with van der Waals surface area (Å²) in [5.41, 5.74) is 10.3. The average Bonchev–Trinajstić information content (AvgIpc) is 3.21. The molecule has 0 nitrogen and oxygen atoms in total. The van der Waals surface area contributed by atoms with E-state index in [0.29, 0.717) is 0 Å². The summed E-state index contributed by atoms with van der Waals surface area (Å²) < 4.78 is 4.53. The van der Waals surface area contributed by atoms with Crippen LogP contribution in [0.4, 0.5) is 0 Å². The van der Waals surface area contributed by atoms with Gasteiger partial charge in [-0.05, 0) is 0 Å². The molecule has 2 aliphatic carbocycles. The van der Waals surface area contributed by atoms with Crippen molar-refractivity contribution in [3.05, 3.63) is 81.9 Å². The van der Waals surface area contributed by atoms with E-state index in [9.17, 15) is 0 Å². The zero-order chi connectivity index (χ0) is 21.3. The molecule has 3 aliphatic rings. The van der Waals surface area contributed by atoms with Crippen LogP contribution in [0.15, 0.2) is 59.7 Å². The van der Waals surface area contributed by atoms with E-state index < -0.39 is 20.3 Å². The Morgan fingerprint density at radius 2 is 1.00 bits per heavy atom. The molecule has 1 heterocycles. The second-order valence-corrected chi connectivity index (χ2v) is 23.3. The van der Waals surface area contributed by atoms with Crippen molar-refractivity contribution < 1.29 is 45.1 Å². The largest absolute Gasteiger partial charge is 1.00 e. The van der Waals surface area contributed by atoms with Crippen LogP contribution in [0.5, 0.6) is 0 Å². The number of hydrogen-bond acceptors (Lipinski definition) is 0. The molecule has 32 heavy (non-hydrogen) atoms. The van der Waals surface area contributed by atoms with Crippen LogP contribution in [-0.2, 0) is 20.3 Å². The molecule has 1 aliphatic heterocycles. The summed E-state index contributed by atoms with van der Waals surface area (Å²) in [4.78, 5) is 0. The number of allylic oxidation sites excluding steroid dienone is 2. The second kappa shape index (κ2) is 8.87. The fraction of sp³-hybridized carbons (Fsp3) is 0.448. The molecule has 1 saturated heterocycles. The first-order valence-corrected chi connectivity index (χ1v) is 18.1. The van der Waals surface area contributed by atoms with E-state index in [4.69, 9.17) is 0 Å². The number of hydrogen-bond donors (Lipinski definition) is 0. The normalized spacial score (nSPS) is 22.1. The van der Waals surface area contributed by atoms with Gasteiger partial charge in [0.2, 0.25) is 0 Å². The summed E-state index contributed by atoms with van der Waals surface area (Å²) in [6.45, 7) is 14.7. The molecule has 0 N–H and O–H groups in total. The Hall–Kier alpha value is -0.617. The van der Waals surface area contributed by atoms with Crippen LogP contribution >= 0.6 is 0 Å². The van der Waals surface area contributed by atoms with Crippen molar-refractivity contribution in [2.45, 2.75) is 63.5 Å². The molecule has 0 spiro atoms. The fourth-order valence-corrected chi connectivity index (χ4v) is 23.0. The van der Waals surface area contributed by atoms with Gasteiger partial charge in [0.1, 0.15) is 0 Å². The van der Waals surface area contributed by atoms with Crippen molar-refractivity contribution in [2.75, 3.05) is 0 Å². The minimum Gasteiger partial charge on any atom is -1.00 e. The van der Waals surface area contributed by atoms with E-state index in [1.54, 1.807) is 22.3 Å². The van der Waals surface area contributed by atoms with E-state index in [0.717, 1.165) is 7.25 Å². The number of benzene rings is 2. The maximum absolute atomic E-state index is 2.66. The van der Waals surface area contributed by atoms with Crippen molar-refractivity contribution in [2.24, 2.45) is 10.8 Å². The zero-order valence-corrected chi connectivity index (χ0v) is 24.3. The summed E-state index contributed by atoms with van der Waals surface area (Å²) in [7, 11) is 0. The predicted octanol–water partition coefficient (Wildman–Crippen LogP) is 2.76. The van der Waals surface area contributed by atoms with Crippen LogP contribution < -0.4 is 24.8 Å². The fourth-order valence-electron chi connectivity index (χ4n) is 6.51. The van der Waals surface area contributed by atoms with Gasteiger partial charge in [0.15, 0.2) is 0 Å². The van der Waals surface area contributed by atoms with E-state index in [1.165, 1.54) is 25.8 Å². The quantitative estimate of drug-likeness (QED) is 0.544. The van der Waals surface area contributed by atoms with Gasteiger partial charge in [-0.3, -0.25) is 0 Å². The Kier molecular flexibility index (Phi) is 7.21. The molecule has 0 aromatic heterocycles. The monoisotopic (exact) mass is 544 g/mol. The first kappa shape index (κ1) is 26.0. The summed E-state index contributed by atoms with van der Waals surface area (Å²) >= 11 is -2.66. The van der Waals surface area contributed by atoms with Crippen LogP contribution in [0.25, 0.3) is 12.2 Å². The van der Waals surface area contributed by atoms with Crippen LogP contribution in [0.3, 0.4) is 0 Å². The van der Waals surface area contributed by atoms with Crippen LogP contribution in [0.1, 0.15) is 77.5 Å². The molecular weight excluding hydrogens is 510 g/mol. The molecule has 1 fully saturated rings. The predicted molar refractivity (Wildman–Crippen MR) is 127 cm³/mol. The van der Waals surface area contributed by atoms with E-state index >= 15 is 0 Å². The third-order valence-electron chi connectivity index (χ3n) is 8.02.